The van der Waals surface area contributed by atoms with Crippen LogP contribution in [-0.2, 0) is 14.3 Å². The number of hydrogen-bond donors (Lipinski definition) is 0. The van der Waals surface area contributed by atoms with Crippen LogP contribution in [0.1, 0.15) is 26.3 Å². The summed E-state index contributed by atoms with van der Waals surface area (Å²) in [5, 5.41) is 2.87. The van der Waals surface area contributed by atoms with Crippen molar-refractivity contribution in [3.05, 3.63) is 145 Å². The van der Waals surface area contributed by atoms with Crippen molar-refractivity contribution >= 4 is 45.9 Å². The Morgan fingerprint density at radius 2 is 1.03 bits per heavy atom. The van der Waals surface area contributed by atoms with Crippen molar-refractivity contribution in [1.29, 1.82) is 0 Å². The second kappa shape index (κ2) is 12.6. The molecule has 0 saturated heterocycles. The van der Waals surface area contributed by atoms with Gasteiger partial charge in [-0.05, 0) is 55.2 Å². The van der Waals surface area contributed by atoms with Crippen LogP contribution in [0, 0.1) is 0 Å². The Morgan fingerprint density at radius 3 is 1.44 bits per heavy atom. The Hall–Kier alpha value is -4.20. The fraction of sp³-hybridized carbons (Fsp3) is 0.114. The molecular weight excluding hydrogens is 499 g/mol. The molecule has 0 amide bonds. The van der Waals surface area contributed by atoms with Crippen molar-refractivity contribution < 1.29 is 14.3 Å². The maximum absolute atomic E-state index is 14.2. The molecule has 0 fully saturated rings. The molecule has 0 aromatic heterocycles. The van der Waals surface area contributed by atoms with E-state index in [1.54, 1.807) is 6.08 Å². The van der Waals surface area contributed by atoms with Gasteiger partial charge in [0.05, 0.1) is 0 Å². The first-order chi connectivity index (χ1) is 18.8. The van der Waals surface area contributed by atoms with Gasteiger partial charge in [-0.1, -0.05) is 140 Å². The Balaban J connectivity index is 2.05. The summed E-state index contributed by atoms with van der Waals surface area (Å²) < 4.78 is 5.95. The van der Waals surface area contributed by atoms with E-state index in [1.807, 2.05) is 154 Å². The van der Waals surface area contributed by atoms with E-state index in [1.165, 1.54) is 6.08 Å². The molecule has 4 rings (SSSR count). The topological polar surface area (TPSA) is 43.4 Å². The van der Waals surface area contributed by atoms with Crippen molar-refractivity contribution in [3.8, 4) is 0 Å². The van der Waals surface area contributed by atoms with E-state index in [9.17, 15) is 9.59 Å². The van der Waals surface area contributed by atoms with Crippen molar-refractivity contribution in [2.24, 2.45) is 0 Å². The lowest BCUT2D eigenvalue weighted by Crippen LogP contribution is -2.40. The molecule has 0 bridgehead atoms. The monoisotopic (exact) mass is 532 g/mol. The first kappa shape index (κ1) is 27.8. The molecule has 0 saturated carbocycles. The predicted molar refractivity (Wildman–Crippen MR) is 166 cm³/mol. The minimum absolute atomic E-state index is 0.144. The van der Waals surface area contributed by atoms with Gasteiger partial charge in [0.1, 0.15) is 10.9 Å². The number of rotatable bonds is 8. The zero-order valence-electron chi connectivity index (χ0n) is 22.5. The number of benzene rings is 4. The van der Waals surface area contributed by atoms with Crippen LogP contribution in [-0.4, -0.2) is 22.6 Å². The summed E-state index contributed by atoms with van der Waals surface area (Å²) in [7, 11) is 0. The minimum Gasteiger partial charge on any atom is -0.456 e. The summed E-state index contributed by atoms with van der Waals surface area (Å²) >= 11 is 0. The Bertz CT molecular complexity index is 1410. The first-order valence-corrected chi connectivity index (χ1v) is 14.7. The molecule has 0 heterocycles. The van der Waals surface area contributed by atoms with Crippen LogP contribution >= 0.6 is 6.89 Å². The van der Waals surface area contributed by atoms with Gasteiger partial charge in [0, 0.05) is 0 Å². The van der Waals surface area contributed by atoms with Gasteiger partial charge in [-0.2, -0.15) is 0 Å². The van der Waals surface area contributed by atoms with Crippen molar-refractivity contribution in [3.63, 3.8) is 0 Å². The molecule has 0 aliphatic rings. The molecule has 4 aromatic rings. The van der Waals surface area contributed by atoms with Crippen LogP contribution in [0.4, 0.5) is 0 Å². The molecule has 0 aliphatic carbocycles. The Labute approximate surface area is 231 Å². The highest BCUT2D eigenvalue weighted by Crippen LogP contribution is 2.47. The number of hydrogen-bond acceptors (Lipinski definition) is 3. The molecule has 0 radical (unpaired) electrons. The maximum atomic E-state index is 14.2. The van der Waals surface area contributed by atoms with Crippen molar-refractivity contribution in [1.82, 2.24) is 0 Å². The number of ketones is 1. The van der Waals surface area contributed by atoms with Crippen LogP contribution in [0.15, 0.2) is 140 Å². The number of ether oxygens (including phenoxy) is 1. The van der Waals surface area contributed by atoms with Gasteiger partial charge in [0.25, 0.3) is 0 Å². The van der Waals surface area contributed by atoms with Crippen LogP contribution in [0.5, 0.6) is 0 Å². The number of carbonyl (C=O) groups excluding carboxylic acids is 2. The lowest BCUT2D eigenvalue weighted by molar-refractivity contribution is -0.146. The summed E-state index contributed by atoms with van der Waals surface area (Å²) in [6.45, 7) is 2.50. The summed E-state index contributed by atoms with van der Waals surface area (Å²) in [5.41, 5.74) is 0.241. The van der Waals surface area contributed by atoms with Gasteiger partial charge in [-0.15, -0.1) is 0 Å². The second-order valence-electron chi connectivity index (χ2n) is 10.0. The molecule has 0 aliphatic heterocycles. The van der Waals surface area contributed by atoms with E-state index in [4.69, 9.17) is 4.74 Å². The third-order valence-corrected chi connectivity index (χ3v) is 10.3. The molecule has 0 N–H and O–H groups in total. The molecule has 196 valence electrons. The average molecular weight is 533 g/mol. The van der Waals surface area contributed by atoms with E-state index in [0.717, 1.165) is 21.5 Å². The standard InChI is InChI=1S/C35H33O3P/c1-35(2,3)38-34(37)33(32(36)27-17-16-20-28-18-8-4-9-19-28)39(29-21-10-5-11-22-29,30-23-12-6-13-24-30)31-25-14-7-15-26-31/h4-27H,1-3H3/b20-16+,27-17+. The van der Waals surface area contributed by atoms with Gasteiger partial charge in [-0.3, -0.25) is 4.79 Å². The van der Waals surface area contributed by atoms with Gasteiger partial charge < -0.3 is 4.74 Å². The molecule has 0 spiro atoms. The number of carbonyl (C=O) groups is 2. The van der Waals surface area contributed by atoms with Crippen LogP contribution < -0.4 is 15.9 Å². The van der Waals surface area contributed by atoms with Gasteiger partial charge in [-0.25, -0.2) is 4.79 Å². The van der Waals surface area contributed by atoms with E-state index < -0.39 is 18.5 Å². The molecule has 3 nitrogen and oxygen atoms in total. The number of esters is 1. The van der Waals surface area contributed by atoms with Gasteiger partial charge in [0.2, 0.25) is 0 Å². The fourth-order valence-electron chi connectivity index (χ4n) is 4.47. The third-order valence-electron chi connectivity index (χ3n) is 6.04. The summed E-state index contributed by atoms with van der Waals surface area (Å²) in [6.07, 6.45) is 6.90. The largest absolute Gasteiger partial charge is 0.456 e. The quantitative estimate of drug-likeness (QED) is 0.0875. The van der Waals surface area contributed by atoms with Gasteiger partial charge >= 0.3 is 5.97 Å². The Morgan fingerprint density at radius 1 is 0.615 bits per heavy atom. The maximum Gasteiger partial charge on any atom is 0.343 e. The third kappa shape index (κ3) is 6.63. The van der Waals surface area contributed by atoms with Crippen molar-refractivity contribution in [2.45, 2.75) is 26.4 Å². The fourth-order valence-corrected chi connectivity index (χ4v) is 8.72. The molecule has 0 atom stereocenters. The zero-order valence-corrected chi connectivity index (χ0v) is 23.4. The minimum atomic E-state index is -2.95. The smallest absolute Gasteiger partial charge is 0.343 e. The first-order valence-electron chi connectivity index (χ1n) is 12.9. The van der Waals surface area contributed by atoms with E-state index in [0.29, 0.717) is 0 Å². The summed E-state index contributed by atoms with van der Waals surface area (Å²) in [5.74, 6) is -0.971. The lowest BCUT2D eigenvalue weighted by atomic mass is 10.2. The zero-order chi connectivity index (χ0) is 27.7. The van der Waals surface area contributed by atoms with E-state index in [-0.39, 0.29) is 11.1 Å². The molecule has 39 heavy (non-hydrogen) atoms. The summed E-state index contributed by atoms with van der Waals surface area (Å²) in [6, 6.07) is 39.4. The Kier molecular flexibility index (Phi) is 8.96. The average Bonchev–Trinajstić information content (AvgIpc) is 2.95. The molecular formula is C35H33O3P. The van der Waals surface area contributed by atoms with Crippen LogP contribution in [0.2, 0.25) is 0 Å². The number of allylic oxidation sites excluding steroid dienone is 3. The van der Waals surface area contributed by atoms with Crippen LogP contribution in [0.3, 0.4) is 0 Å². The van der Waals surface area contributed by atoms with E-state index >= 15 is 0 Å². The molecule has 4 aromatic carbocycles. The lowest BCUT2D eigenvalue weighted by Gasteiger charge is -2.32. The highest BCUT2D eigenvalue weighted by molar-refractivity contribution is 7.97. The van der Waals surface area contributed by atoms with Crippen molar-refractivity contribution in [2.75, 3.05) is 0 Å². The van der Waals surface area contributed by atoms with Gasteiger partial charge in [0.15, 0.2) is 5.78 Å². The summed E-state index contributed by atoms with van der Waals surface area (Å²) in [4.78, 5) is 28.3. The highest BCUT2D eigenvalue weighted by atomic mass is 31.2. The predicted octanol–water partition coefficient (Wildman–Crippen LogP) is 6.33. The molecule has 0 unspecified atom stereocenters. The second-order valence-corrected chi connectivity index (χ2v) is 13.4. The molecule has 4 heteroatoms. The van der Waals surface area contributed by atoms with E-state index in [2.05, 4.69) is 0 Å². The normalized spacial score (nSPS) is 12.0. The highest BCUT2D eigenvalue weighted by Gasteiger charge is 2.38. The van der Waals surface area contributed by atoms with Crippen LogP contribution in [0.25, 0.3) is 6.08 Å². The SMILES string of the molecule is CC(C)(C)OC(=O)C(C(=O)/C=C/C=C/c1ccccc1)=P(c1ccccc1)(c1ccccc1)c1ccccc1.